The van der Waals surface area contributed by atoms with Gasteiger partial charge in [0.05, 0.1) is 13.7 Å². The summed E-state index contributed by atoms with van der Waals surface area (Å²) in [5.74, 6) is 0.747. The molecule has 0 radical (unpaired) electrons. The molecule has 26 heavy (non-hydrogen) atoms. The van der Waals surface area contributed by atoms with Crippen LogP contribution in [0.2, 0.25) is 0 Å². The Morgan fingerprint density at radius 2 is 2.00 bits per heavy atom. The van der Waals surface area contributed by atoms with Crippen LogP contribution in [0.1, 0.15) is 30.1 Å². The van der Waals surface area contributed by atoms with Crippen LogP contribution in [-0.2, 0) is 9.53 Å². The van der Waals surface area contributed by atoms with Crippen molar-refractivity contribution < 1.29 is 19.1 Å². The van der Waals surface area contributed by atoms with E-state index < -0.39 is 0 Å². The molecule has 2 fully saturated rings. The van der Waals surface area contributed by atoms with Crippen LogP contribution in [-0.4, -0.2) is 73.6 Å². The SMILES string of the molecule is COCC1CN(C(C)=O)CC12CCN(C(=O)c1cccnc1OC)CC2. The van der Waals surface area contributed by atoms with E-state index in [1.54, 1.807) is 32.4 Å². The van der Waals surface area contributed by atoms with Gasteiger partial charge in [0.15, 0.2) is 0 Å². The number of aromatic nitrogens is 1. The zero-order valence-electron chi connectivity index (χ0n) is 15.7. The molecule has 142 valence electrons. The molecule has 0 aromatic carbocycles. The van der Waals surface area contributed by atoms with E-state index >= 15 is 0 Å². The number of piperidine rings is 1. The first-order valence-corrected chi connectivity index (χ1v) is 9.03. The number of hydrogen-bond acceptors (Lipinski definition) is 5. The highest BCUT2D eigenvalue weighted by Gasteiger charge is 2.49. The molecule has 2 aliphatic heterocycles. The summed E-state index contributed by atoms with van der Waals surface area (Å²) < 4.78 is 10.6. The topological polar surface area (TPSA) is 72.0 Å². The summed E-state index contributed by atoms with van der Waals surface area (Å²) in [5, 5.41) is 0. The summed E-state index contributed by atoms with van der Waals surface area (Å²) in [6.45, 7) is 5.11. The minimum atomic E-state index is -0.0467. The van der Waals surface area contributed by atoms with Crippen LogP contribution < -0.4 is 4.74 Å². The largest absolute Gasteiger partial charge is 0.480 e. The Morgan fingerprint density at radius 1 is 1.27 bits per heavy atom. The molecule has 0 bridgehead atoms. The van der Waals surface area contributed by atoms with E-state index in [-0.39, 0.29) is 17.2 Å². The van der Waals surface area contributed by atoms with Crippen molar-refractivity contribution in [2.75, 3.05) is 47.0 Å². The van der Waals surface area contributed by atoms with Gasteiger partial charge in [0, 0.05) is 52.3 Å². The third-order valence-electron chi connectivity index (χ3n) is 5.87. The first kappa shape index (κ1) is 18.6. The summed E-state index contributed by atoms with van der Waals surface area (Å²) in [7, 11) is 3.23. The monoisotopic (exact) mass is 361 g/mol. The molecule has 1 spiro atoms. The van der Waals surface area contributed by atoms with E-state index in [4.69, 9.17) is 9.47 Å². The van der Waals surface area contributed by atoms with Crippen molar-refractivity contribution in [3.05, 3.63) is 23.9 Å². The Kier molecular flexibility index (Phi) is 5.46. The molecule has 1 atom stereocenters. The second-order valence-electron chi connectivity index (χ2n) is 7.27. The Hall–Kier alpha value is -2.15. The number of nitrogens with zero attached hydrogens (tertiary/aromatic N) is 3. The summed E-state index contributed by atoms with van der Waals surface area (Å²) in [6.07, 6.45) is 3.36. The molecule has 3 heterocycles. The summed E-state index contributed by atoms with van der Waals surface area (Å²) >= 11 is 0. The van der Waals surface area contributed by atoms with Crippen LogP contribution in [0, 0.1) is 11.3 Å². The van der Waals surface area contributed by atoms with Crippen molar-refractivity contribution in [3.63, 3.8) is 0 Å². The van der Waals surface area contributed by atoms with Crippen molar-refractivity contribution >= 4 is 11.8 Å². The van der Waals surface area contributed by atoms with E-state index in [2.05, 4.69) is 4.98 Å². The lowest BCUT2D eigenvalue weighted by molar-refractivity contribution is -0.128. The second-order valence-corrected chi connectivity index (χ2v) is 7.27. The standard InChI is InChI=1S/C19H27N3O4/c1-14(23)22-11-15(12-25-2)19(13-22)6-9-21(10-7-19)18(24)16-5-4-8-20-17(16)26-3/h4-5,8,15H,6-7,9-13H2,1-3H3. The van der Waals surface area contributed by atoms with Gasteiger partial charge in [-0.1, -0.05) is 0 Å². The van der Waals surface area contributed by atoms with Crippen molar-refractivity contribution in [1.82, 2.24) is 14.8 Å². The Bertz CT molecular complexity index is 671. The third kappa shape index (κ3) is 3.40. The maximum atomic E-state index is 12.9. The Labute approximate surface area is 154 Å². The minimum Gasteiger partial charge on any atom is -0.480 e. The molecule has 0 saturated carbocycles. The van der Waals surface area contributed by atoms with Gasteiger partial charge in [-0.15, -0.1) is 0 Å². The van der Waals surface area contributed by atoms with Crippen LogP contribution >= 0.6 is 0 Å². The van der Waals surface area contributed by atoms with E-state index in [1.807, 2.05) is 9.80 Å². The maximum Gasteiger partial charge on any atom is 0.259 e. The quantitative estimate of drug-likeness (QED) is 0.811. The lowest BCUT2D eigenvalue weighted by Gasteiger charge is -2.42. The molecule has 3 rings (SSSR count). The molecule has 7 heteroatoms. The summed E-state index contributed by atoms with van der Waals surface area (Å²) in [6, 6.07) is 3.50. The minimum absolute atomic E-state index is 0.0392. The van der Waals surface area contributed by atoms with Gasteiger partial charge in [0.25, 0.3) is 5.91 Å². The fourth-order valence-electron chi connectivity index (χ4n) is 4.31. The van der Waals surface area contributed by atoms with Gasteiger partial charge >= 0.3 is 0 Å². The van der Waals surface area contributed by atoms with Crippen molar-refractivity contribution in [2.24, 2.45) is 11.3 Å². The van der Waals surface area contributed by atoms with Gasteiger partial charge in [-0.05, 0) is 30.4 Å². The van der Waals surface area contributed by atoms with Crippen molar-refractivity contribution in [1.29, 1.82) is 0 Å². The van der Waals surface area contributed by atoms with Crippen molar-refractivity contribution in [2.45, 2.75) is 19.8 Å². The smallest absolute Gasteiger partial charge is 0.259 e. The molecule has 1 aromatic heterocycles. The highest BCUT2D eigenvalue weighted by molar-refractivity contribution is 5.96. The number of rotatable bonds is 4. The molecule has 0 N–H and O–H groups in total. The number of likely N-dealkylation sites (tertiary alicyclic amines) is 2. The van der Waals surface area contributed by atoms with Crippen LogP contribution in [0.15, 0.2) is 18.3 Å². The molecular weight excluding hydrogens is 334 g/mol. The zero-order valence-corrected chi connectivity index (χ0v) is 15.7. The fourth-order valence-corrected chi connectivity index (χ4v) is 4.31. The molecule has 1 aromatic rings. The van der Waals surface area contributed by atoms with Crippen LogP contribution in [0.4, 0.5) is 0 Å². The van der Waals surface area contributed by atoms with Gasteiger partial charge in [0.1, 0.15) is 5.56 Å². The van der Waals surface area contributed by atoms with Gasteiger partial charge < -0.3 is 19.3 Å². The van der Waals surface area contributed by atoms with Crippen molar-refractivity contribution in [3.8, 4) is 5.88 Å². The Balaban J connectivity index is 1.71. The predicted molar refractivity (Wildman–Crippen MR) is 96.0 cm³/mol. The first-order chi connectivity index (χ1) is 12.5. The van der Waals surface area contributed by atoms with Crippen LogP contribution in [0.5, 0.6) is 5.88 Å². The first-order valence-electron chi connectivity index (χ1n) is 9.03. The van der Waals surface area contributed by atoms with Gasteiger partial charge in [-0.2, -0.15) is 0 Å². The molecule has 1 unspecified atom stereocenters. The lowest BCUT2D eigenvalue weighted by atomic mass is 9.71. The molecule has 2 aliphatic rings. The van der Waals surface area contributed by atoms with Gasteiger partial charge in [-0.3, -0.25) is 9.59 Å². The highest BCUT2D eigenvalue weighted by atomic mass is 16.5. The molecular formula is C19H27N3O4. The third-order valence-corrected chi connectivity index (χ3v) is 5.87. The fraction of sp³-hybridized carbons (Fsp3) is 0.632. The average molecular weight is 361 g/mol. The second kappa shape index (κ2) is 7.61. The molecule has 2 saturated heterocycles. The normalized spacial score (nSPS) is 21.9. The summed E-state index contributed by atoms with van der Waals surface area (Å²) in [4.78, 5) is 32.6. The van der Waals surface area contributed by atoms with Gasteiger partial charge in [0.2, 0.25) is 11.8 Å². The number of pyridine rings is 1. The van der Waals surface area contributed by atoms with Gasteiger partial charge in [-0.25, -0.2) is 4.98 Å². The number of ether oxygens (including phenoxy) is 2. The van der Waals surface area contributed by atoms with E-state index in [9.17, 15) is 9.59 Å². The van der Waals surface area contributed by atoms with Crippen LogP contribution in [0.3, 0.4) is 0 Å². The Morgan fingerprint density at radius 3 is 2.62 bits per heavy atom. The lowest BCUT2D eigenvalue weighted by Crippen LogP contribution is -2.47. The summed E-state index contributed by atoms with van der Waals surface area (Å²) in [5.41, 5.74) is 0.536. The molecule has 2 amide bonds. The van der Waals surface area contributed by atoms with E-state index in [1.165, 1.54) is 7.11 Å². The van der Waals surface area contributed by atoms with E-state index in [0.29, 0.717) is 37.1 Å². The predicted octanol–water partition coefficient (Wildman–Crippen LogP) is 1.44. The molecule has 0 aliphatic carbocycles. The highest BCUT2D eigenvalue weighted by Crippen LogP contribution is 2.45. The maximum absolute atomic E-state index is 12.9. The number of methoxy groups -OCH3 is 2. The number of carbonyl (C=O) groups is 2. The number of hydrogen-bond donors (Lipinski definition) is 0. The number of carbonyl (C=O) groups excluding carboxylic acids is 2. The van der Waals surface area contributed by atoms with Crippen LogP contribution in [0.25, 0.3) is 0 Å². The zero-order chi connectivity index (χ0) is 18.7. The number of amides is 2. The van der Waals surface area contributed by atoms with E-state index in [0.717, 1.165) is 25.9 Å². The average Bonchev–Trinajstić information content (AvgIpc) is 3.00. The molecule has 7 nitrogen and oxygen atoms in total.